The van der Waals surface area contributed by atoms with E-state index in [2.05, 4.69) is 31.2 Å². The molecule has 0 spiro atoms. The maximum atomic E-state index is 9.46. The largest absolute Gasteiger partial charge is 0.504 e. The van der Waals surface area contributed by atoms with E-state index in [-0.39, 0.29) is 11.5 Å². The van der Waals surface area contributed by atoms with E-state index < -0.39 is 0 Å². The summed E-state index contributed by atoms with van der Waals surface area (Å²) >= 11 is 0. The molecule has 0 heterocycles. The Labute approximate surface area is 178 Å². The maximum absolute atomic E-state index is 9.46. The number of aromatic hydroxyl groups is 2. The van der Waals surface area contributed by atoms with Crippen molar-refractivity contribution in [3.63, 3.8) is 0 Å². The summed E-state index contributed by atoms with van der Waals surface area (Å²) in [6.45, 7) is 3.71. The van der Waals surface area contributed by atoms with Crippen molar-refractivity contribution < 1.29 is 14.9 Å². The van der Waals surface area contributed by atoms with Gasteiger partial charge in [0.2, 0.25) is 0 Å². The Hall–Kier alpha value is -1.74. The molecule has 0 atom stereocenters. The normalized spacial score (nSPS) is 11.8. The highest BCUT2D eigenvalue weighted by Crippen LogP contribution is 2.24. The Morgan fingerprint density at radius 3 is 2.07 bits per heavy atom. The minimum absolute atomic E-state index is 0.0624. The smallest absolute Gasteiger partial charge is 0.157 e. The molecule has 0 aromatic heterocycles. The van der Waals surface area contributed by atoms with E-state index >= 15 is 0 Å². The SMILES string of the molecule is CCCCCC=CCC=CCCCCCCCCOCCc1ccc(O)c(O)c1. The highest BCUT2D eigenvalue weighted by atomic mass is 16.5. The lowest BCUT2D eigenvalue weighted by Gasteiger charge is -2.06. The Morgan fingerprint density at radius 1 is 0.724 bits per heavy atom. The second-order valence-electron chi connectivity index (χ2n) is 7.77. The summed E-state index contributed by atoms with van der Waals surface area (Å²) in [5.74, 6) is -0.136. The fraction of sp³-hybridized carbons (Fsp3) is 0.615. The molecule has 0 radical (unpaired) electrons. The molecule has 3 heteroatoms. The van der Waals surface area contributed by atoms with Crippen LogP contribution in [-0.4, -0.2) is 23.4 Å². The Bertz CT molecular complexity index is 563. The molecule has 0 bridgehead atoms. The van der Waals surface area contributed by atoms with Crippen molar-refractivity contribution >= 4 is 0 Å². The van der Waals surface area contributed by atoms with Crippen LogP contribution in [0.15, 0.2) is 42.5 Å². The minimum Gasteiger partial charge on any atom is -0.504 e. The van der Waals surface area contributed by atoms with Crippen LogP contribution in [-0.2, 0) is 11.2 Å². The number of hydrogen-bond acceptors (Lipinski definition) is 3. The summed E-state index contributed by atoms with van der Waals surface area (Å²) < 4.78 is 5.67. The number of allylic oxidation sites excluding steroid dienone is 4. The molecule has 0 unspecified atom stereocenters. The molecule has 1 aromatic rings. The van der Waals surface area contributed by atoms with Gasteiger partial charge in [0, 0.05) is 6.61 Å². The number of hydrogen-bond donors (Lipinski definition) is 2. The van der Waals surface area contributed by atoms with Crippen LogP contribution >= 0.6 is 0 Å². The molecule has 164 valence electrons. The standard InChI is InChI=1S/C26H42O3/c1-2-3-4-5-6-7-8-9-10-11-12-13-14-15-16-17-21-29-22-20-24-18-19-25(27)26(28)23-24/h6-7,9-10,18-19,23,27-28H,2-5,8,11-17,20-22H2,1H3. The first kappa shape index (κ1) is 25.3. The summed E-state index contributed by atoms with van der Waals surface area (Å²) in [6, 6.07) is 4.94. The average Bonchev–Trinajstić information content (AvgIpc) is 2.72. The van der Waals surface area contributed by atoms with E-state index in [0.29, 0.717) is 6.61 Å². The Kier molecular flexibility index (Phi) is 16.0. The highest BCUT2D eigenvalue weighted by Gasteiger charge is 2.00. The van der Waals surface area contributed by atoms with Crippen molar-refractivity contribution in [1.29, 1.82) is 0 Å². The van der Waals surface area contributed by atoms with Crippen molar-refractivity contribution in [2.24, 2.45) is 0 Å². The number of ether oxygens (including phenoxy) is 1. The van der Waals surface area contributed by atoms with Crippen LogP contribution in [0.2, 0.25) is 0 Å². The fourth-order valence-corrected chi connectivity index (χ4v) is 3.21. The molecule has 0 aliphatic carbocycles. The maximum Gasteiger partial charge on any atom is 0.157 e. The average molecular weight is 403 g/mol. The van der Waals surface area contributed by atoms with E-state index in [1.807, 2.05) is 6.07 Å². The molecule has 0 fully saturated rings. The van der Waals surface area contributed by atoms with Crippen molar-refractivity contribution in [3.05, 3.63) is 48.1 Å². The van der Waals surface area contributed by atoms with Gasteiger partial charge >= 0.3 is 0 Å². The van der Waals surface area contributed by atoms with Crippen LogP contribution in [0.25, 0.3) is 0 Å². The predicted octanol–water partition coefficient (Wildman–Crippen LogP) is 7.47. The van der Waals surface area contributed by atoms with Gasteiger partial charge in [0.05, 0.1) is 6.61 Å². The summed E-state index contributed by atoms with van der Waals surface area (Å²) in [4.78, 5) is 0. The number of phenolic OH excluding ortho intramolecular Hbond substituents is 2. The van der Waals surface area contributed by atoms with E-state index in [4.69, 9.17) is 4.74 Å². The quantitative estimate of drug-likeness (QED) is 0.152. The third-order valence-electron chi connectivity index (χ3n) is 5.06. The summed E-state index contributed by atoms with van der Waals surface area (Å²) in [6.07, 6.45) is 25.1. The van der Waals surface area contributed by atoms with Gasteiger partial charge in [0.15, 0.2) is 11.5 Å². The molecule has 0 aliphatic rings. The topological polar surface area (TPSA) is 49.7 Å². The molecule has 0 amide bonds. The van der Waals surface area contributed by atoms with Gasteiger partial charge < -0.3 is 14.9 Å². The van der Waals surface area contributed by atoms with Crippen LogP contribution in [0.5, 0.6) is 11.5 Å². The number of benzene rings is 1. The molecular formula is C26H42O3. The van der Waals surface area contributed by atoms with Crippen LogP contribution < -0.4 is 0 Å². The molecule has 29 heavy (non-hydrogen) atoms. The molecular weight excluding hydrogens is 360 g/mol. The van der Waals surface area contributed by atoms with Crippen LogP contribution in [0.1, 0.15) is 89.5 Å². The van der Waals surface area contributed by atoms with Gasteiger partial charge in [-0.1, -0.05) is 75.8 Å². The molecule has 0 saturated carbocycles. The van der Waals surface area contributed by atoms with Gasteiger partial charge in [-0.3, -0.25) is 0 Å². The predicted molar refractivity (Wildman–Crippen MR) is 124 cm³/mol. The monoisotopic (exact) mass is 402 g/mol. The van der Waals surface area contributed by atoms with Crippen molar-refractivity contribution in [2.75, 3.05) is 13.2 Å². The van der Waals surface area contributed by atoms with Gasteiger partial charge in [-0.2, -0.15) is 0 Å². The van der Waals surface area contributed by atoms with Crippen molar-refractivity contribution in [3.8, 4) is 11.5 Å². The van der Waals surface area contributed by atoms with Crippen LogP contribution in [0, 0.1) is 0 Å². The van der Waals surface area contributed by atoms with Crippen LogP contribution in [0.4, 0.5) is 0 Å². The lowest BCUT2D eigenvalue weighted by molar-refractivity contribution is 0.132. The molecule has 2 N–H and O–H groups in total. The lowest BCUT2D eigenvalue weighted by Crippen LogP contribution is -2.00. The van der Waals surface area contributed by atoms with Gasteiger partial charge in [0.1, 0.15) is 0 Å². The Morgan fingerprint density at radius 2 is 1.38 bits per heavy atom. The van der Waals surface area contributed by atoms with Gasteiger partial charge in [-0.15, -0.1) is 0 Å². The zero-order valence-electron chi connectivity index (χ0n) is 18.5. The third-order valence-corrected chi connectivity index (χ3v) is 5.06. The molecule has 1 rings (SSSR count). The van der Waals surface area contributed by atoms with Crippen molar-refractivity contribution in [2.45, 2.75) is 90.4 Å². The van der Waals surface area contributed by atoms with E-state index in [1.165, 1.54) is 70.3 Å². The fourth-order valence-electron chi connectivity index (χ4n) is 3.21. The summed E-state index contributed by atoms with van der Waals surface area (Å²) in [5, 5.41) is 18.8. The van der Waals surface area contributed by atoms with Gasteiger partial charge in [-0.05, 0) is 62.6 Å². The first-order valence-electron chi connectivity index (χ1n) is 11.6. The van der Waals surface area contributed by atoms with Gasteiger partial charge in [0.25, 0.3) is 0 Å². The summed E-state index contributed by atoms with van der Waals surface area (Å²) in [7, 11) is 0. The molecule has 0 aliphatic heterocycles. The first-order valence-corrected chi connectivity index (χ1v) is 11.6. The van der Waals surface area contributed by atoms with E-state index in [1.54, 1.807) is 6.07 Å². The zero-order chi connectivity index (χ0) is 21.0. The lowest BCUT2D eigenvalue weighted by atomic mass is 10.1. The molecule has 1 aromatic carbocycles. The van der Waals surface area contributed by atoms with Gasteiger partial charge in [-0.25, -0.2) is 0 Å². The molecule has 3 nitrogen and oxygen atoms in total. The second kappa shape index (κ2) is 18.3. The zero-order valence-corrected chi connectivity index (χ0v) is 18.5. The third kappa shape index (κ3) is 14.9. The number of phenols is 2. The highest BCUT2D eigenvalue weighted by molar-refractivity contribution is 5.40. The summed E-state index contributed by atoms with van der Waals surface area (Å²) in [5.41, 5.74) is 0.984. The van der Waals surface area contributed by atoms with Crippen molar-refractivity contribution in [1.82, 2.24) is 0 Å². The van der Waals surface area contributed by atoms with Crippen LogP contribution in [0.3, 0.4) is 0 Å². The molecule has 0 saturated heterocycles. The first-order chi connectivity index (χ1) is 14.2. The Balaban J connectivity index is 1.82. The second-order valence-corrected chi connectivity index (χ2v) is 7.77. The number of rotatable bonds is 18. The minimum atomic E-state index is -0.0731. The van der Waals surface area contributed by atoms with E-state index in [9.17, 15) is 10.2 Å². The number of unbranched alkanes of at least 4 members (excludes halogenated alkanes) is 9. The van der Waals surface area contributed by atoms with E-state index in [0.717, 1.165) is 31.4 Å².